The second-order valence-electron chi connectivity index (χ2n) is 7.94. The maximum absolute atomic E-state index is 13.7. The van der Waals surface area contributed by atoms with Crippen LogP contribution in [0.5, 0.6) is 0 Å². The summed E-state index contributed by atoms with van der Waals surface area (Å²) < 4.78 is 17.4. The normalized spacial score (nSPS) is 12.3. The van der Waals surface area contributed by atoms with Crippen LogP contribution in [0.4, 0.5) is 4.39 Å². The molecule has 0 saturated carbocycles. The SMILES string of the molecule is C=C(C)c1ccc(-c2c(C(C)CC)n(-c3ccc(F)cc3)c3ccc[c]([Pb])c23)cc1. The summed E-state index contributed by atoms with van der Waals surface area (Å²) >= 11 is 0.964. The van der Waals surface area contributed by atoms with Gasteiger partial charge in [0.2, 0.25) is 0 Å². The number of halogens is 1. The van der Waals surface area contributed by atoms with Crippen molar-refractivity contribution < 1.29 is 4.39 Å². The van der Waals surface area contributed by atoms with Crippen molar-refractivity contribution in [3.63, 3.8) is 0 Å². The number of rotatable bonds is 5. The molecule has 0 bridgehead atoms. The summed E-state index contributed by atoms with van der Waals surface area (Å²) in [4.78, 5) is 0. The molecule has 0 aliphatic carbocycles. The van der Waals surface area contributed by atoms with E-state index in [2.05, 4.69) is 67.5 Å². The Labute approximate surface area is 193 Å². The average molecular weight is 590 g/mol. The summed E-state index contributed by atoms with van der Waals surface area (Å²) in [6.07, 6.45) is 1.03. The minimum atomic E-state index is -0.209. The van der Waals surface area contributed by atoms with Gasteiger partial charge in [0.05, 0.1) is 0 Å². The van der Waals surface area contributed by atoms with Crippen LogP contribution < -0.4 is 3.12 Å². The summed E-state index contributed by atoms with van der Waals surface area (Å²) in [6.45, 7) is 10.6. The van der Waals surface area contributed by atoms with Gasteiger partial charge >= 0.3 is 195 Å². The molecule has 0 aliphatic heterocycles. The Hall–Kier alpha value is -2.21. The molecule has 1 aromatic heterocycles. The molecular weight excluding hydrogens is 565 g/mol. The van der Waals surface area contributed by atoms with E-state index in [0.717, 1.165) is 49.0 Å². The Morgan fingerprint density at radius 3 is 2.30 bits per heavy atom. The standard InChI is InChI=1S/C27H25FN.Pb/c1-5-19(4)27-26(21-12-10-20(11-13-21)18(2)3)24-8-6-7-9-25(24)29(27)23-16-14-22(28)15-17-23;/h6-7,9-17,19H,2,5H2,1,3-4H3;. The van der Waals surface area contributed by atoms with Crippen molar-refractivity contribution >= 4 is 45.4 Å². The quantitative estimate of drug-likeness (QED) is 0.226. The molecule has 0 amide bonds. The van der Waals surface area contributed by atoms with Crippen molar-refractivity contribution in [3.8, 4) is 16.8 Å². The van der Waals surface area contributed by atoms with Gasteiger partial charge in [-0.3, -0.25) is 0 Å². The summed E-state index contributed by atoms with van der Waals surface area (Å²) in [5.74, 6) is 0.152. The van der Waals surface area contributed by atoms with E-state index in [4.69, 9.17) is 0 Å². The van der Waals surface area contributed by atoms with Crippen LogP contribution in [-0.2, 0) is 0 Å². The number of hydrogen-bond acceptors (Lipinski definition) is 0. The van der Waals surface area contributed by atoms with Crippen LogP contribution in [0.2, 0.25) is 0 Å². The van der Waals surface area contributed by atoms with E-state index in [-0.39, 0.29) is 5.82 Å². The van der Waals surface area contributed by atoms with Crippen molar-refractivity contribution in [1.29, 1.82) is 0 Å². The molecule has 4 rings (SSSR count). The van der Waals surface area contributed by atoms with E-state index in [1.165, 1.54) is 30.8 Å². The Morgan fingerprint density at radius 2 is 1.70 bits per heavy atom. The average Bonchev–Trinajstić information content (AvgIpc) is 3.10. The van der Waals surface area contributed by atoms with Crippen molar-refractivity contribution in [1.82, 2.24) is 4.57 Å². The summed E-state index contributed by atoms with van der Waals surface area (Å²) in [7, 11) is 0. The Kier molecular flexibility index (Phi) is 5.96. The van der Waals surface area contributed by atoms with Crippen LogP contribution in [-0.4, -0.2) is 30.3 Å². The van der Waals surface area contributed by atoms with Gasteiger partial charge in [-0.2, -0.15) is 0 Å². The predicted octanol–water partition coefficient (Wildman–Crippen LogP) is 6.78. The monoisotopic (exact) mass is 590 g/mol. The van der Waals surface area contributed by atoms with Gasteiger partial charge in [0.25, 0.3) is 0 Å². The van der Waals surface area contributed by atoms with Crippen LogP contribution in [0.25, 0.3) is 33.3 Å². The number of fused-ring (bicyclic) bond motifs is 1. The molecule has 30 heavy (non-hydrogen) atoms. The minimum absolute atomic E-state index is 0.209. The van der Waals surface area contributed by atoms with Crippen LogP contribution in [0.3, 0.4) is 0 Å². The molecule has 1 heterocycles. The fraction of sp³-hybridized carbons (Fsp3) is 0.185. The number of hydrogen-bond donors (Lipinski definition) is 0. The Balaban J connectivity index is 2.11. The van der Waals surface area contributed by atoms with Gasteiger partial charge in [0.15, 0.2) is 0 Å². The van der Waals surface area contributed by atoms with E-state index < -0.39 is 0 Å². The third-order valence-corrected chi connectivity index (χ3v) is 7.48. The molecule has 3 radical (unpaired) electrons. The van der Waals surface area contributed by atoms with Crippen LogP contribution in [0, 0.1) is 5.82 Å². The first-order chi connectivity index (χ1) is 14.4. The second-order valence-corrected chi connectivity index (χ2v) is 10.0. The molecule has 0 aliphatic rings. The molecule has 0 N–H and O–H groups in total. The van der Waals surface area contributed by atoms with Crippen LogP contribution in [0.1, 0.15) is 44.4 Å². The maximum atomic E-state index is 13.7. The number of nitrogens with zero attached hydrogens (tertiary/aromatic N) is 1. The molecule has 3 heteroatoms. The zero-order valence-electron chi connectivity index (χ0n) is 17.7. The van der Waals surface area contributed by atoms with Gasteiger partial charge in [0, 0.05) is 0 Å². The van der Waals surface area contributed by atoms with Gasteiger partial charge in [-0.15, -0.1) is 0 Å². The first-order valence-electron chi connectivity index (χ1n) is 10.3. The number of benzene rings is 3. The first-order valence-corrected chi connectivity index (χ1v) is 12.3. The molecule has 4 aromatic rings. The zero-order chi connectivity index (χ0) is 21.4. The second kappa shape index (κ2) is 8.50. The van der Waals surface area contributed by atoms with Crippen molar-refractivity contribution in [2.24, 2.45) is 0 Å². The first kappa shape index (κ1) is 21.0. The number of aromatic nitrogens is 1. The molecule has 0 fully saturated rings. The number of allylic oxidation sites excluding steroid dienone is 1. The topological polar surface area (TPSA) is 4.93 Å². The summed E-state index contributed by atoms with van der Waals surface area (Å²) in [6, 6.07) is 22.2. The molecule has 1 atom stereocenters. The van der Waals surface area contributed by atoms with E-state index in [1.807, 2.05) is 19.1 Å². The van der Waals surface area contributed by atoms with Crippen molar-refractivity contribution in [2.45, 2.75) is 33.1 Å². The predicted molar refractivity (Wildman–Crippen MR) is 127 cm³/mol. The Bertz CT molecular complexity index is 1220. The molecule has 149 valence electrons. The molecule has 1 nitrogen and oxygen atoms in total. The van der Waals surface area contributed by atoms with Crippen molar-refractivity contribution in [3.05, 3.63) is 90.4 Å². The third kappa shape index (κ3) is 3.66. The van der Waals surface area contributed by atoms with Crippen LogP contribution >= 0.6 is 0 Å². The van der Waals surface area contributed by atoms with Crippen molar-refractivity contribution in [2.75, 3.05) is 0 Å². The van der Waals surface area contributed by atoms with Gasteiger partial charge in [-0.05, 0) is 0 Å². The van der Waals surface area contributed by atoms with Gasteiger partial charge in [0.1, 0.15) is 0 Å². The Morgan fingerprint density at radius 1 is 1.03 bits per heavy atom. The summed E-state index contributed by atoms with van der Waals surface area (Å²) in [5.41, 5.74) is 8.27. The molecule has 0 spiro atoms. The fourth-order valence-corrected chi connectivity index (χ4v) is 5.46. The fourth-order valence-electron chi connectivity index (χ4n) is 4.10. The third-order valence-electron chi connectivity index (χ3n) is 5.86. The molecular formula is C27H25FNPb. The van der Waals surface area contributed by atoms with Gasteiger partial charge in [-0.25, -0.2) is 0 Å². The van der Waals surface area contributed by atoms with E-state index in [0.29, 0.717) is 5.92 Å². The van der Waals surface area contributed by atoms with Gasteiger partial charge in [-0.1, -0.05) is 0 Å². The van der Waals surface area contributed by atoms with E-state index >= 15 is 0 Å². The zero-order valence-corrected chi connectivity index (χ0v) is 21.6. The van der Waals surface area contributed by atoms with E-state index in [9.17, 15) is 4.39 Å². The molecule has 3 aromatic carbocycles. The van der Waals surface area contributed by atoms with Crippen LogP contribution in [0.15, 0.2) is 73.3 Å². The van der Waals surface area contributed by atoms with Gasteiger partial charge < -0.3 is 0 Å². The molecule has 1 unspecified atom stereocenters. The van der Waals surface area contributed by atoms with E-state index in [1.54, 1.807) is 12.1 Å². The molecule has 0 saturated heterocycles. The summed E-state index contributed by atoms with van der Waals surface area (Å²) in [5, 5.41) is 1.33.